The summed E-state index contributed by atoms with van der Waals surface area (Å²) in [6.45, 7) is 4.82. The van der Waals surface area contributed by atoms with E-state index < -0.39 is 0 Å². The van der Waals surface area contributed by atoms with E-state index in [4.69, 9.17) is 9.72 Å². The van der Waals surface area contributed by atoms with Crippen LogP contribution in [-0.4, -0.2) is 37.0 Å². The standard InChI is InChI=1S/C19H18N6OS/c1-10(2)17-23-18(25-24-17)19-22-16-13-7-11(12-8-20-21-9-12)3-4-14(13)26-6-5-15(16)27-19/h3-4,7-10H,5-6H2,1-2H3,(H,20,21)(H,23,24,25). The number of hydrogen-bond donors (Lipinski definition) is 2. The second-order valence-electron chi connectivity index (χ2n) is 6.79. The summed E-state index contributed by atoms with van der Waals surface area (Å²) in [5, 5.41) is 15.1. The normalized spacial score (nSPS) is 13.1. The second kappa shape index (κ2) is 6.31. The van der Waals surface area contributed by atoms with Gasteiger partial charge in [0.25, 0.3) is 0 Å². The van der Waals surface area contributed by atoms with Crippen molar-refractivity contribution in [2.24, 2.45) is 0 Å². The molecule has 3 aromatic heterocycles. The molecule has 0 spiro atoms. The lowest BCUT2D eigenvalue weighted by Gasteiger charge is -2.08. The highest BCUT2D eigenvalue weighted by molar-refractivity contribution is 7.15. The van der Waals surface area contributed by atoms with Crippen LogP contribution in [0, 0.1) is 0 Å². The van der Waals surface area contributed by atoms with Gasteiger partial charge in [-0.3, -0.25) is 10.2 Å². The third kappa shape index (κ3) is 2.82. The van der Waals surface area contributed by atoms with Gasteiger partial charge in [0, 0.05) is 34.5 Å². The van der Waals surface area contributed by atoms with E-state index in [1.165, 1.54) is 4.88 Å². The first kappa shape index (κ1) is 16.2. The summed E-state index contributed by atoms with van der Waals surface area (Å²) in [4.78, 5) is 10.7. The minimum atomic E-state index is 0.302. The van der Waals surface area contributed by atoms with Crippen LogP contribution in [0.1, 0.15) is 30.5 Å². The van der Waals surface area contributed by atoms with E-state index in [9.17, 15) is 0 Å². The molecule has 0 fully saturated rings. The second-order valence-corrected chi connectivity index (χ2v) is 7.87. The summed E-state index contributed by atoms with van der Waals surface area (Å²) in [5.41, 5.74) is 4.08. The van der Waals surface area contributed by atoms with Gasteiger partial charge in [0.15, 0.2) is 5.01 Å². The van der Waals surface area contributed by atoms with Crippen molar-refractivity contribution in [3.8, 4) is 39.0 Å². The van der Waals surface area contributed by atoms with Crippen molar-refractivity contribution in [2.75, 3.05) is 6.61 Å². The zero-order valence-electron chi connectivity index (χ0n) is 15.0. The maximum absolute atomic E-state index is 5.95. The Labute approximate surface area is 159 Å². The molecule has 1 aliphatic rings. The maximum Gasteiger partial charge on any atom is 0.210 e. The highest BCUT2D eigenvalue weighted by atomic mass is 32.1. The topological polar surface area (TPSA) is 92.4 Å². The number of rotatable bonds is 3. The number of nitrogens with zero attached hydrogens (tertiary/aromatic N) is 4. The fourth-order valence-corrected chi connectivity index (χ4v) is 4.13. The van der Waals surface area contributed by atoms with Gasteiger partial charge in [0.1, 0.15) is 11.6 Å². The maximum atomic E-state index is 5.95. The van der Waals surface area contributed by atoms with E-state index >= 15 is 0 Å². The molecule has 0 bridgehead atoms. The van der Waals surface area contributed by atoms with Crippen LogP contribution in [0.4, 0.5) is 0 Å². The quantitative estimate of drug-likeness (QED) is 0.561. The molecule has 0 radical (unpaired) electrons. The number of nitrogens with one attached hydrogen (secondary N) is 2. The largest absolute Gasteiger partial charge is 0.493 e. The number of aromatic nitrogens is 6. The summed E-state index contributed by atoms with van der Waals surface area (Å²) in [7, 11) is 0. The number of fused-ring (bicyclic) bond motifs is 3. The first-order chi connectivity index (χ1) is 13.2. The van der Waals surface area contributed by atoms with E-state index in [2.05, 4.69) is 45.3 Å². The van der Waals surface area contributed by atoms with Crippen molar-refractivity contribution in [3.63, 3.8) is 0 Å². The lowest BCUT2D eigenvalue weighted by molar-refractivity contribution is 0.327. The first-order valence-corrected chi connectivity index (χ1v) is 9.69. The molecule has 0 atom stereocenters. The van der Waals surface area contributed by atoms with E-state index in [0.717, 1.165) is 45.4 Å². The fourth-order valence-electron chi connectivity index (χ4n) is 3.14. The van der Waals surface area contributed by atoms with E-state index in [1.54, 1.807) is 11.3 Å². The molecule has 136 valence electrons. The predicted octanol–water partition coefficient (Wildman–Crippen LogP) is 4.04. The first-order valence-electron chi connectivity index (χ1n) is 8.88. The van der Waals surface area contributed by atoms with Crippen LogP contribution in [0.25, 0.3) is 33.2 Å². The predicted molar refractivity (Wildman–Crippen MR) is 104 cm³/mol. The lowest BCUT2D eigenvalue weighted by atomic mass is 10.0. The van der Waals surface area contributed by atoms with Crippen LogP contribution in [0.15, 0.2) is 30.6 Å². The van der Waals surface area contributed by atoms with Gasteiger partial charge in [-0.15, -0.1) is 11.3 Å². The molecule has 5 rings (SSSR count). The number of thiazole rings is 1. The Bertz CT molecular complexity index is 1100. The van der Waals surface area contributed by atoms with Crippen molar-refractivity contribution in [1.82, 2.24) is 30.4 Å². The van der Waals surface area contributed by atoms with Gasteiger partial charge < -0.3 is 4.74 Å². The van der Waals surface area contributed by atoms with E-state index in [1.807, 2.05) is 24.5 Å². The van der Waals surface area contributed by atoms with Crippen LogP contribution in [-0.2, 0) is 6.42 Å². The molecule has 8 heteroatoms. The van der Waals surface area contributed by atoms with E-state index in [-0.39, 0.29) is 0 Å². The molecule has 0 unspecified atom stereocenters. The van der Waals surface area contributed by atoms with Gasteiger partial charge in [-0.05, 0) is 17.7 Å². The monoisotopic (exact) mass is 378 g/mol. The molecule has 1 aliphatic heterocycles. The molecule has 0 saturated heterocycles. The summed E-state index contributed by atoms with van der Waals surface area (Å²) in [6, 6.07) is 6.17. The van der Waals surface area contributed by atoms with Gasteiger partial charge in [-0.1, -0.05) is 19.9 Å². The Hall–Kier alpha value is -3.00. The molecule has 4 heterocycles. The van der Waals surface area contributed by atoms with Crippen molar-refractivity contribution >= 4 is 11.3 Å². The Balaban J connectivity index is 1.61. The number of hydrogen-bond acceptors (Lipinski definition) is 6. The molecular formula is C19H18N6OS. The molecule has 2 N–H and O–H groups in total. The van der Waals surface area contributed by atoms with E-state index in [0.29, 0.717) is 18.3 Å². The molecule has 0 saturated carbocycles. The molecule has 1 aromatic carbocycles. The van der Waals surface area contributed by atoms with Crippen LogP contribution in [0.5, 0.6) is 5.75 Å². The zero-order chi connectivity index (χ0) is 18.4. The summed E-state index contributed by atoms with van der Waals surface area (Å²) in [5.74, 6) is 2.69. The third-order valence-electron chi connectivity index (χ3n) is 4.59. The highest BCUT2D eigenvalue weighted by Gasteiger charge is 2.23. The Morgan fingerprint density at radius 2 is 2.11 bits per heavy atom. The molecule has 4 aromatic rings. The van der Waals surface area contributed by atoms with Crippen LogP contribution >= 0.6 is 11.3 Å². The van der Waals surface area contributed by atoms with Crippen LogP contribution < -0.4 is 4.74 Å². The average molecular weight is 378 g/mol. The Kier molecular flexibility index (Phi) is 3.78. The van der Waals surface area contributed by atoms with Crippen LogP contribution in [0.3, 0.4) is 0 Å². The summed E-state index contributed by atoms with van der Waals surface area (Å²) in [6.07, 6.45) is 4.52. The van der Waals surface area contributed by atoms with Gasteiger partial charge in [0.05, 0.1) is 18.5 Å². The smallest absolute Gasteiger partial charge is 0.210 e. The zero-order valence-corrected chi connectivity index (χ0v) is 15.8. The molecule has 0 amide bonds. The van der Waals surface area contributed by atoms with Crippen molar-refractivity contribution in [2.45, 2.75) is 26.2 Å². The van der Waals surface area contributed by atoms with Crippen molar-refractivity contribution in [1.29, 1.82) is 0 Å². The third-order valence-corrected chi connectivity index (χ3v) is 5.70. The molecule has 27 heavy (non-hydrogen) atoms. The molecular weight excluding hydrogens is 360 g/mol. The fraction of sp³-hybridized carbons (Fsp3) is 0.263. The number of benzene rings is 1. The lowest BCUT2D eigenvalue weighted by Crippen LogP contribution is -1.97. The summed E-state index contributed by atoms with van der Waals surface area (Å²) < 4.78 is 5.95. The van der Waals surface area contributed by atoms with Gasteiger partial charge >= 0.3 is 0 Å². The minimum absolute atomic E-state index is 0.302. The molecule has 7 nitrogen and oxygen atoms in total. The number of aromatic amines is 2. The average Bonchev–Trinajstić information content (AvgIpc) is 3.41. The minimum Gasteiger partial charge on any atom is -0.493 e. The Morgan fingerprint density at radius 1 is 1.19 bits per heavy atom. The number of ether oxygens (including phenoxy) is 1. The number of H-pyrrole nitrogens is 2. The van der Waals surface area contributed by atoms with Gasteiger partial charge in [0.2, 0.25) is 5.82 Å². The highest BCUT2D eigenvalue weighted by Crippen LogP contribution is 2.41. The van der Waals surface area contributed by atoms with Gasteiger partial charge in [-0.2, -0.15) is 10.2 Å². The SMILES string of the molecule is CC(C)c1nc(-c2nc3c(s2)CCOc2ccc(-c4cn[nH]c4)cc2-3)n[nH]1. The summed E-state index contributed by atoms with van der Waals surface area (Å²) >= 11 is 1.64. The molecule has 0 aliphatic carbocycles. The Morgan fingerprint density at radius 3 is 2.89 bits per heavy atom. The van der Waals surface area contributed by atoms with Gasteiger partial charge in [-0.25, -0.2) is 9.97 Å². The van der Waals surface area contributed by atoms with Crippen LogP contribution in [0.2, 0.25) is 0 Å². The van der Waals surface area contributed by atoms with Crippen molar-refractivity contribution in [3.05, 3.63) is 41.3 Å². The van der Waals surface area contributed by atoms with Crippen molar-refractivity contribution < 1.29 is 4.74 Å².